The molecule has 1 aromatic rings. The quantitative estimate of drug-likeness (QED) is 0.812. The van der Waals surface area contributed by atoms with E-state index in [4.69, 9.17) is 0 Å². The first-order valence-electron chi connectivity index (χ1n) is 5.74. The molecule has 2 nitrogen and oxygen atoms in total. The van der Waals surface area contributed by atoms with E-state index in [1.54, 1.807) is 0 Å². The lowest BCUT2D eigenvalue weighted by Gasteiger charge is -2.06. The van der Waals surface area contributed by atoms with Crippen molar-refractivity contribution >= 4 is 9.84 Å². The van der Waals surface area contributed by atoms with Crippen LogP contribution in [0.1, 0.15) is 33.3 Å². The third-order valence-electron chi connectivity index (χ3n) is 1.82. The van der Waals surface area contributed by atoms with E-state index in [1.807, 2.05) is 58.0 Å². The molecule has 16 heavy (non-hydrogen) atoms. The molecule has 92 valence electrons. The molecule has 0 spiro atoms. The summed E-state index contributed by atoms with van der Waals surface area (Å²) in [4.78, 5) is 0. The zero-order valence-corrected chi connectivity index (χ0v) is 11.4. The van der Waals surface area contributed by atoms with Crippen LogP contribution in [0.2, 0.25) is 0 Å². The highest BCUT2D eigenvalue weighted by atomic mass is 32.2. The topological polar surface area (TPSA) is 34.1 Å². The summed E-state index contributed by atoms with van der Waals surface area (Å²) in [5, 5.41) is 0. The summed E-state index contributed by atoms with van der Waals surface area (Å²) in [6.07, 6.45) is 0. The fourth-order valence-corrected chi connectivity index (χ4v) is 3.23. The van der Waals surface area contributed by atoms with Crippen molar-refractivity contribution in [3.8, 4) is 0 Å². The molecule has 0 heterocycles. The maximum absolute atomic E-state index is 11.6. The van der Waals surface area contributed by atoms with E-state index < -0.39 is 9.84 Å². The fraction of sp³-hybridized carbons (Fsp3) is 0.538. The van der Waals surface area contributed by atoms with Gasteiger partial charge < -0.3 is 0 Å². The molecular weight excluding hydrogens is 220 g/mol. The zero-order chi connectivity index (χ0) is 12.6. The van der Waals surface area contributed by atoms with E-state index >= 15 is 0 Å². The SMILES string of the molecule is CC.CC(C)CS(=O)(=O)Cc1ccccc1. The number of hydrogen-bond donors (Lipinski definition) is 0. The van der Waals surface area contributed by atoms with Gasteiger partial charge in [-0.25, -0.2) is 8.42 Å². The highest BCUT2D eigenvalue weighted by Crippen LogP contribution is 2.09. The van der Waals surface area contributed by atoms with Crippen LogP contribution in [0.15, 0.2) is 30.3 Å². The second-order valence-electron chi connectivity index (χ2n) is 3.93. The summed E-state index contributed by atoms with van der Waals surface area (Å²) < 4.78 is 23.2. The van der Waals surface area contributed by atoms with E-state index in [9.17, 15) is 8.42 Å². The van der Waals surface area contributed by atoms with Crippen LogP contribution < -0.4 is 0 Å². The molecule has 0 aliphatic rings. The number of hydrogen-bond acceptors (Lipinski definition) is 2. The lowest BCUT2D eigenvalue weighted by molar-refractivity contribution is 0.581. The molecule has 1 rings (SSSR count). The van der Waals surface area contributed by atoms with Crippen LogP contribution in [-0.4, -0.2) is 14.2 Å². The third kappa shape index (κ3) is 6.62. The summed E-state index contributed by atoms with van der Waals surface area (Å²) >= 11 is 0. The van der Waals surface area contributed by atoms with E-state index in [-0.39, 0.29) is 17.4 Å². The van der Waals surface area contributed by atoms with Crippen molar-refractivity contribution in [2.24, 2.45) is 5.92 Å². The van der Waals surface area contributed by atoms with Gasteiger partial charge >= 0.3 is 0 Å². The van der Waals surface area contributed by atoms with Gasteiger partial charge in [0.1, 0.15) is 0 Å². The van der Waals surface area contributed by atoms with Crippen LogP contribution in [0.4, 0.5) is 0 Å². The predicted octanol–water partition coefficient (Wildman–Crippen LogP) is 3.28. The molecule has 0 fully saturated rings. The van der Waals surface area contributed by atoms with Crippen molar-refractivity contribution in [1.82, 2.24) is 0 Å². The minimum Gasteiger partial charge on any atom is -0.228 e. The van der Waals surface area contributed by atoms with Gasteiger partial charge in [-0.3, -0.25) is 0 Å². The van der Waals surface area contributed by atoms with Gasteiger partial charge in [-0.05, 0) is 11.5 Å². The summed E-state index contributed by atoms with van der Waals surface area (Å²) in [5.74, 6) is 0.622. The molecule has 0 amide bonds. The molecule has 0 saturated heterocycles. The molecule has 3 heteroatoms. The van der Waals surface area contributed by atoms with Gasteiger partial charge in [0.15, 0.2) is 9.84 Å². The lowest BCUT2D eigenvalue weighted by atomic mass is 10.2. The van der Waals surface area contributed by atoms with Crippen LogP contribution in [0.5, 0.6) is 0 Å². The molecule has 0 aliphatic carbocycles. The molecule has 0 radical (unpaired) electrons. The molecular formula is C13H22O2S. The number of sulfone groups is 1. The predicted molar refractivity (Wildman–Crippen MR) is 70.1 cm³/mol. The Bertz CT molecular complexity index is 366. The van der Waals surface area contributed by atoms with E-state index in [1.165, 1.54) is 0 Å². The van der Waals surface area contributed by atoms with Gasteiger partial charge in [-0.1, -0.05) is 58.0 Å². The van der Waals surface area contributed by atoms with Crippen molar-refractivity contribution in [2.45, 2.75) is 33.4 Å². The Morgan fingerprint density at radius 1 is 1.06 bits per heavy atom. The maximum Gasteiger partial charge on any atom is 0.154 e. The van der Waals surface area contributed by atoms with Crippen LogP contribution in [0.3, 0.4) is 0 Å². The first-order valence-corrected chi connectivity index (χ1v) is 7.56. The second-order valence-corrected chi connectivity index (χ2v) is 6.04. The Hall–Kier alpha value is -0.830. The molecule has 0 saturated carbocycles. The first kappa shape index (κ1) is 15.2. The highest BCUT2D eigenvalue weighted by molar-refractivity contribution is 7.90. The van der Waals surface area contributed by atoms with Crippen molar-refractivity contribution in [1.29, 1.82) is 0 Å². The van der Waals surface area contributed by atoms with E-state index in [0.717, 1.165) is 5.56 Å². The molecule has 0 unspecified atom stereocenters. The third-order valence-corrected chi connectivity index (χ3v) is 3.76. The molecule has 0 N–H and O–H groups in total. The van der Waals surface area contributed by atoms with E-state index in [0.29, 0.717) is 0 Å². The molecule has 0 aromatic heterocycles. The Morgan fingerprint density at radius 3 is 2.00 bits per heavy atom. The van der Waals surface area contributed by atoms with Crippen LogP contribution in [0, 0.1) is 5.92 Å². The smallest absolute Gasteiger partial charge is 0.154 e. The van der Waals surface area contributed by atoms with Gasteiger partial charge in [-0.2, -0.15) is 0 Å². The van der Waals surface area contributed by atoms with Gasteiger partial charge in [0.2, 0.25) is 0 Å². The molecule has 0 bridgehead atoms. The minimum absolute atomic E-state index is 0.159. The summed E-state index contributed by atoms with van der Waals surface area (Å²) in [7, 11) is -2.93. The number of rotatable bonds is 4. The molecule has 0 aliphatic heterocycles. The molecule has 1 aromatic carbocycles. The lowest BCUT2D eigenvalue weighted by Crippen LogP contribution is -2.13. The van der Waals surface area contributed by atoms with E-state index in [2.05, 4.69) is 0 Å². The minimum atomic E-state index is -2.93. The Kier molecular flexibility index (Phi) is 7.06. The van der Waals surface area contributed by atoms with Crippen LogP contribution >= 0.6 is 0 Å². The summed E-state index contributed by atoms with van der Waals surface area (Å²) in [6.45, 7) is 7.84. The molecule has 0 atom stereocenters. The zero-order valence-electron chi connectivity index (χ0n) is 10.6. The normalized spacial score (nSPS) is 10.8. The van der Waals surface area contributed by atoms with Crippen LogP contribution in [0.25, 0.3) is 0 Å². The first-order chi connectivity index (χ1) is 7.49. The highest BCUT2D eigenvalue weighted by Gasteiger charge is 2.13. The average Bonchev–Trinajstić information content (AvgIpc) is 2.19. The monoisotopic (exact) mass is 242 g/mol. The Morgan fingerprint density at radius 2 is 1.56 bits per heavy atom. The fourth-order valence-electron chi connectivity index (χ4n) is 1.39. The maximum atomic E-state index is 11.6. The largest absolute Gasteiger partial charge is 0.228 e. The van der Waals surface area contributed by atoms with Crippen molar-refractivity contribution in [3.05, 3.63) is 35.9 Å². The van der Waals surface area contributed by atoms with Crippen molar-refractivity contribution < 1.29 is 8.42 Å². The van der Waals surface area contributed by atoms with Gasteiger partial charge in [0, 0.05) is 0 Å². The van der Waals surface area contributed by atoms with Gasteiger partial charge in [0.05, 0.1) is 11.5 Å². The average molecular weight is 242 g/mol. The summed E-state index contributed by atoms with van der Waals surface area (Å²) in [6, 6.07) is 9.30. The van der Waals surface area contributed by atoms with Gasteiger partial charge in [0.25, 0.3) is 0 Å². The number of benzene rings is 1. The van der Waals surface area contributed by atoms with Gasteiger partial charge in [-0.15, -0.1) is 0 Å². The summed E-state index contributed by atoms with van der Waals surface area (Å²) in [5.41, 5.74) is 0.869. The van der Waals surface area contributed by atoms with Crippen LogP contribution in [-0.2, 0) is 15.6 Å². The second kappa shape index (κ2) is 7.44. The van der Waals surface area contributed by atoms with Crippen molar-refractivity contribution in [2.75, 3.05) is 5.75 Å². The Balaban J connectivity index is 0.00000106. The standard InChI is InChI=1S/C11H16O2S.C2H6/c1-10(2)8-14(12,13)9-11-6-4-3-5-7-11;1-2/h3-7,10H,8-9H2,1-2H3;1-2H3. The van der Waals surface area contributed by atoms with Crippen molar-refractivity contribution in [3.63, 3.8) is 0 Å². The Labute approximate surface area is 99.6 Å².